The minimum atomic E-state index is -0.349. The fraction of sp³-hybridized carbons (Fsp3) is 0.692. The van der Waals surface area contributed by atoms with Crippen molar-refractivity contribution in [3.05, 3.63) is 11.6 Å². The summed E-state index contributed by atoms with van der Waals surface area (Å²) in [4.78, 5) is 22.7. The van der Waals surface area contributed by atoms with Crippen molar-refractivity contribution >= 4 is 11.9 Å². The number of hydrogen-bond acceptors (Lipinski definition) is 2. The third kappa shape index (κ3) is 4.21. The molecule has 4 nitrogen and oxygen atoms in total. The van der Waals surface area contributed by atoms with Gasteiger partial charge >= 0.3 is 6.03 Å². The third-order valence-electron chi connectivity index (χ3n) is 3.30. The highest BCUT2D eigenvalue weighted by molar-refractivity contribution is 5.96. The molecule has 4 heteroatoms. The summed E-state index contributed by atoms with van der Waals surface area (Å²) >= 11 is 0. The SMILES string of the molecule is O=C(NCCC1=CCCCC1)NC(=O)C1CC1. The number of allylic oxidation sites excluding steroid dienone is 1. The Bertz CT molecular complexity index is 332. The van der Waals surface area contributed by atoms with E-state index < -0.39 is 0 Å². The van der Waals surface area contributed by atoms with Gasteiger partial charge in [0.2, 0.25) is 5.91 Å². The van der Waals surface area contributed by atoms with Crippen LogP contribution in [0, 0.1) is 5.92 Å². The Morgan fingerprint density at radius 2 is 2.12 bits per heavy atom. The maximum atomic E-state index is 11.4. The minimum absolute atomic E-state index is 0.0850. The second kappa shape index (κ2) is 5.84. The Balaban J connectivity index is 1.59. The van der Waals surface area contributed by atoms with Crippen LogP contribution in [0.25, 0.3) is 0 Å². The van der Waals surface area contributed by atoms with Gasteiger partial charge in [-0.3, -0.25) is 10.1 Å². The Hall–Kier alpha value is -1.32. The van der Waals surface area contributed by atoms with Gasteiger partial charge in [-0.05, 0) is 44.9 Å². The highest BCUT2D eigenvalue weighted by Crippen LogP contribution is 2.28. The van der Waals surface area contributed by atoms with Crippen molar-refractivity contribution in [2.24, 2.45) is 5.92 Å². The van der Waals surface area contributed by atoms with E-state index in [1.54, 1.807) is 0 Å². The first kappa shape index (κ1) is 12.1. The zero-order valence-electron chi connectivity index (χ0n) is 10.1. The summed E-state index contributed by atoms with van der Waals surface area (Å²) in [5.41, 5.74) is 1.44. The first-order valence-electron chi connectivity index (χ1n) is 6.52. The van der Waals surface area contributed by atoms with Gasteiger partial charge in [0.1, 0.15) is 0 Å². The number of urea groups is 1. The molecule has 94 valence electrons. The zero-order valence-corrected chi connectivity index (χ0v) is 10.1. The molecule has 3 amide bonds. The van der Waals surface area contributed by atoms with Gasteiger partial charge in [-0.1, -0.05) is 11.6 Å². The molecule has 2 N–H and O–H groups in total. The molecule has 0 atom stereocenters. The molecule has 0 radical (unpaired) electrons. The molecule has 0 spiro atoms. The van der Waals surface area contributed by atoms with Crippen LogP contribution in [0.1, 0.15) is 44.9 Å². The molecular formula is C13H20N2O2. The van der Waals surface area contributed by atoms with Crippen molar-refractivity contribution in [3.8, 4) is 0 Å². The van der Waals surface area contributed by atoms with Gasteiger partial charge in [-0.15, -0.1) is 0 Å². The van der Waals surface area contributed by atoms with Gasteiger partial charge in [0.15, 0.2) is 0 Å². The molecule has 0 unspecified atom stereocenters. The molecule has 0 saturated heterocycles. The van der Waals surface area contributed by atoms with E-state index in [4.69, 9.17) is 0 Å². The summed E-state index contributed by atoms with van der Waals surface area (Å²) in [6, 6.07) is -0.349. The van der Waals surface area contributed by atoms with Crippen molar-refractivity contribution < 1.29 is 9.59 Å². The first-order chi connectivity index (χ1) is 8.25. The normalized spacial score (nSPS) is 19.4. The van der Waals surface area contributed by atoms with Gasteiger partial charge in [0.25, 0.3) is 0 Å². The Kier molecular flexibility index (Phi) is 4.18. The zero-order chi connectivity index (χ0) is 12.1. The van der Waals surface area contributed by atoms with E-state index >= 15 is 0 Å². The molecule has 0 aromatic rings. The summed E-state index contributed by atoms with van der Waals surface area (Å²) in [6.07, 6.45) is 9.90. The average Bonchev–Trinajstić information content (AvgIpc) is 3.14. The Morgan fingerprint density at radius 3 is 2.76 bits per heavy atom. The summed E-state index contributed by atoms with van der Waals surface area (Å²) in [6.45, 7) is 0.621. The van der Waals surface area contributed by atoms with Crippen LogP contribution in [0.2, 0.25) is 0 Å². The fourth-order valence-electron chi connectivity index (χ4n) is 2.07. The number of amides is 3. The van der Waals surface area contributed by atoms with E-state index in [0.717, 1.165) is 25.7 Å². The van der Waals surface area contributed by atoms with Crippen molar-refractivity contribution in [2.75, 3.05) is 6.54 Å². The van der Waals surface area contributed by atoms with Crippen LogP contribution in [0.3, 0.4) is 0 Å². The van der Waals surface area contributed by atoms with Gasteiger partial charge in [-0.2, -0.15) is 0 Å². The Morgan fingerprint density at radius 1 is 1.29 bits per heavy atom. The van der Waals surface area contributed by atoms with Crippen molar-refractivity contribution in [3.63, 3.8) is 0 Å². The number of carbonyl (C=O) groups excluding carboxylic acids is 2. The quantitative estimate of drug-likeness (QED) is 0.734. The van der Waals surface area contributed by atoms with Crippen molar-refractivity contribution in [1.82, 2.24) is 10.6 Å². The molecule has 0 aromatic heterocycles. The molecule has 0 heterocycles. The minimum Gasteiger partial charge on any atom is -0.337 e. The lowest BCUT2D eigenvalue weighted by atomic mass is 9.97. The molecule has 0 bridgehead atoms. The van der Waals surface area contributed by atoms with Crippen LogP contribution in [0.4, 0.5) is 4.79 Å². The number of carbonyl (C=O) groups is 2. The third-order valence-corrected chi connectivity index (χ3v) is 3.30. The lowest BCUT2D eigenvalue weighted by molar-refractivity contribution is -0.121. The highest BCUT2D eigenvalue weighted by atomic mass is 16.2. The van der Waals surface area contributed by atoms with Gasteiger partial charge < -0.3 is 5.32 Å². The van der Waals surface area contributed by atoms with Crippen LogP contribution >= 0.6 is 0 Å². The van der Waals surface area contributed by atoms with Crippen LogP contribution < -0.4 is 10.6 Å². The van der Waals surface area contributed by atoms with Gasteiger partial charge in [0, 0.05) is 12.5 Å². The average molecular weight is 236 g/mol. The number of rotatable bonds is 4. The second-order valence-electron chi connectivity index (χ2n) is 4.88. The first-order valence-corrected chi connectivity index (χ1v) is 6.52. The molecule has 1 saturated carbocycles. The predicted molar refractivity (Wildman–Crippen MR) is 65.4 cm³/mol. The van der Waals surface area contributed by atoms with Crippen LogP contribution in [0.5, 0.6) is 0 Å². The summed E-state index contributed by atoms with van der Waals surface area (Å²) in [7, 11) is 0. The molecule has 0 aliphatic heterocycles. The monoisotopic (exact) mass is 236 g/mol. The largest absolute Gasteiger partial charge is 0.337 e. The summed E-state index contributed by atoms with van der Waals surface area (Å²) < 4.78 is 0. The number of nitrogens with one attached hydrogen (secondary N) is 2. The second-order valence-corrected chi connectivity index (χ2v) is 4.88. The molecule has 17 heavy (non-hydrogen) atoms. The van der Waals surface area contributed by atoms with Gasteiger partial charge in [-0.25, -0.2) is 4.79 Å². The van der Waals surface area contributed by atoms with E-state index in [9.17, 15) is 9.59 Å². The fourth-order valence-corrected chi connectivity index (χ4v) is 2.07. The lowest BCUT2D eigenvalue weighted by Crippen LogP contribution is -2.40. The summed E-state index contributed by atoms with van der Waals surface area (Å²) in [5, 5.41) is 5.10. The summed E-state index contributed by atoms with van der Waals surface area (Å²) in [5.74, 6) is -0.0406. The molecule has 2 rings (SSSR count). The molecular weight excluding hydrogens is 216 g/mol. The van der Waals surface area contributed by atoms with Crippen molar-refractivity contribution in [2.45, 2.75) is 44.9 Å². The number of imide groups is 1. The predicted octanol–water partition coefficient (Wildman–Crippen LogP) is 2.11. The van der Waals surface area contributed by atoms with Crippen molar-refractivity contribution in [1.29, 1.82) is 0 Å². The van der Waals surface area contributed by atoms with E-state index in [0.29, 0.717) is 6.54 Å². The topological polar surface area (TPSA) is 58.2 Å². The molecule has 2 aliphatic carbocycles. The van der Waals surface area contributed by atoms with Crippen LogP contribution in [-0.4, -0.2) is 18.5 Å². The lowest BCUT2D eigenvalue weighted by Gasteiger charge is -2.13. The molecule has 2 aliphatic rings. The van der Waals surface area contributed by atoms with Gasteiger partial charge in [0.05, 0.1) is 0 Å². The van der Waals surface area contributed by atoms with Crippen LogP contribution in [0.15, 0.2) is 11.6 Å². The molecule has 0 aromatic carbocycles. The van der Waals surface area contributed by atoms with Crippen LogP contribution in [-0.2, 0) is 4.79 Å². The highest BCUT2D eigenvalue weighted by Gasteiger charge is 2.30. The Labute approximate surface area is 102 Å². The van der Waals surface area contributed by atoms with E-state index in [-0.39, 0.29) is 17.9 Å². The standard InChI is InChI=1S/C13H20N2O2/c16-12(11-6-7-11)15-13(17)14-9-8-10-4-2-1-3-5-10/h4,11H,1-3,5-9H2,(H2,14,15,16,17). The smallest absolute Gasteiger partial charge is 0.321 e. The van der Waals surface area contributed by atoms with E-state index in [1.165, 1.54) is 24.8 Å². The maximum absolute atomic E-state index is 11.4. The maximum Gasteiger partial charge on any atom is 0.321 e. The van der Waals surface area contributed by atoms with E-state index in [1.807, 2.05) is 0 Å². The molecule has 1 fully saturated rings. The van der Waals surface area contributed by atoms with E-state index in [2.05, 4.69) is 16.7 Å². The number of hydrogen-bond donors (Lipinski definition) is 2.